The largest absolute Gasteiger partial charge is 0.346 e. The summed E-state index contributed by atoms with van der Waals surface area (Å²) in [6.45, 7) is 12.5. The van der Waals surface area contributed by atoms with Crippen LogP contribution in [0.1, 0.15) is 54.0 Å². The summed E-state index contributed by atoms with van der Waals surface area (Å²) < 4.78 is 28.2. The SMILES string of the molecule is CCCCN(C)C(=O)CCNS(=O)(=O)c1c(C)c(C)c(C)c(C)c1C. The van der Waals surface area contributed by atoms with Gasteiger partial charge in [0.1, 0.15) is 0 Å². The number of nitrogens with one attached hydrogen (secondary N) is 1. The lowest BCUT2D eigenvalue weighted by Crippen LogP contribution is -2.33. The normalized spacial score (nSPS) is 11.6. The van der Waals surface area contributed by atoms with E-state index in [1.807, 2.05) is 34.6 Å². The Balaban J connectivity index is 2.89. The van der Waals surface area contributed by atoms with Crippen molar-refractivity contribution >= 4 is 15.9 Å². The van der Waals surface area contributed by atoms with E-state index in [0.717, 1.165) is 40.7 Å². The Kier molecular flexibility index (Phi) is 7.62. The molecule has 0 aliphatic heterocycles. The van der Waals surface area contributed by atoms with Gasteiger partial charge in [0, 0.05) is 26.6 Å². The number of carbonyl (C=O) groups is 1. The lowest BCUT2D eigenvalue weighted by molar-refractivity contribution is -0.129. The zero-order valence-corrected chi connectivity index (χ0v) is 17.4. The van der Waals surface area contributed by atoms with E-state index in [0.29, 0.717) is 11.4 Å². The van der Waals surface area contributed by atoms with Crippen LogP contribution in [0.4, 0.5) is 0 Å². The molecule has 1 amide bonds. The van der Waals surface area contributed by atoms with Gasteiger partial charge in [-0.25, -0.2) is 13.1 Å². The van der Waals surface area contributed by atoms with E-state index in [1.54, 1.807) is 11.9 Å². The molecule has 0 bridgehead atoms. The standard InChI is InChI=1S/C19H32N2O3S/c1-8-9-12-21(7)18(22)10-11-20-25(23,24)19-16(5)14(3)13(2)15(4)17(19)6/h20H,8-12H2,1-7H3. The summed E-state index contributed by atoms with van der Waals surface area (Å²) in [7, 11) is -1.89. The predicted molar refractivity (Wildman–Crippen MR) is 102 cm³/mol. The molecule has 0 radical (unpaired) electrons. The average molecular weight is 369 g/mol. The monoisotopic (exact) mass is 368 g/mol. The molecule has 0 aliphatic rings. The molecule has 0 saturated carbocycles. The van der Waals surface area contributed by atoms with E-state index in [2.05, 4.69) is 11.6 Å². The predicted octanol–water partition coefficient (Wildman–Crippen LogP) is 3.16. The van der Waals surface area contributed by atoms with Crippen molar-refractivity contribution < 1.29 is 13.2 Å². The van der Waals surface area contributed by atoms with Gasteiger partial charge in [-0.3, -0.25) is 4.79 Å². The Hall–Kier alpha value is -1.40. The first-order chi connectivity index (χ1) is 11.5. The Morgan fingerprint density at radius 3 is 1.92 bits per heavy atom. The van der Waals surface area contributed by atoms with Crippen molar-refractivity contribution in [3.8, 4) is 0 Å². The first kappa shape index (κ1) is 21.6. The van der Waals surface area contributed by atoms with E-state index >= 15 is 0 Å². The third kappa shape index (κ3) is 5.05. The second-order valence-electron chi connectivity index (χ2n) is 6.77. The second kappa shape index (κ2) is 8.81. The maximum absolute atomic E-state index is 12.8. The fraction of sp³-hybridized carbons (Fsp3) is 0.632. The summed E-state index contributed by atoms with van der Waals surface area (Å²) >= 11 is 0. The highest BCUT2D eigenvalue weighted by atomic mass is 32.2. The van der Waals surface area contributed by atoms with Gasteiger partial charge in [0.05, 0.1) is 4.90 Å². The number of nitrogens with zero attached hydrogens (tertiary/aromatic N) is 1. The number of amides is 1. The molecule has 1 N–H and O–H groups in total. The van der Waals surface area contributed by atoms with Crippen LogP contribution in [-0.2, 0) is 14.8 Å². The number of sulfonamides is 1. The molecule has 0 heterocycles. The van der Waals surface area contributed by atoms with Crippen LogP contribution in [0, 0.1) is 34.6 Å². The van der Waals surface area contributed by atoms with Crippen LogP contribution in [0.5, 0.6) is 0 Å². The molecule has 1 aromatic rings. The van der Waals surface area contributed by atoms with Crippen LogP contribution in [0.25, 0.3) is 0 Å². The molecule has 0 atom stereocenters. The van der Waals surface area contributed by atoms with Crippen LogP contribution in [-0.4, -0.2) is 39.4 Å². The molecule has 142 valence electrons. The minimum atomic E-state index is -3.64. The number of unbranched alkanes of at least 4 members (excludes halogenated alkanes) is 1. The molecule has 0 fully saturated rings. The zero-order valence-electron chi connectivity index (χ0n) is 16.6. The van der Waals surface area contributed by atoms with Gasteiger partial charge in [0.15, 0.2) is 0 Å². The molecule has 25 heavy (non-hydrogen) atoms. The Labute approximate surface area is 152 Å². The third-order valence-corrected chi connectivity index (χ3v) is 6.84. The van der Waals surface area contributed by atoms with Crippen molar-refractivity contribution in [3.05, 3.63) is 27.8 Å². The topological polar surface area (TPSA) is 66.5 Å². The van der Waals surface area contributed by atoms with Crippen LogP contribution < -0.4 is 4.72 Å². The van der Waals surface area contributed by atoms with Gasteiger partial charge in [0.25, 0.3) is 0 Å². The quantitative estimate of drug-likeness (QED) is 0.766. The van der Waals surface area contributed by atoms with Gasteiger partial charge in [-0.05, 0) is 68.9 Å². The maximum Gasteiger partial charge on any atom is 0.241 e. The summed E-state index contributed by atoms with van der Waals surface area (Å²) in [5, 5.41) is 0. The Bertz CT molecular complexity index is 711. The highest BCUT2D eigenvalue weighted by Crippen LogP contribution is 2.29. The van der Waals surface area contributed by atoms with Crippen molar-refractivity contribution in [3.63, 3.8) is 0 Å². The highest BCUT2D eigenvalue weighted by molar-refractivity contribution is 7.89. The summed E-state index contributed by atoms with van der Waals surface area (Å²) in [5.41, 5.74) is 4.68. The Morgan fingerprint density at radius 1 is 0.960 bits per heavy atom. The van der Waals surface area contributed by atoms with E-state index in [-0.39, 0.29) is 18.9 Å². The van der Waals surface area contributed by atoms with Crippen molar-refractivity contribution in [2.75, 3.05) is 20.1 Å². The van der Waals surface area contributed by atoms with Gasteiger partial charge in [-0.2, -0.15) is 0 Å². The maximum atomic E-state index is 12.8. The lowest BCUT2D eigenvalue weighted by atomic mass is 9.95. The van der Waals surface area contributed by atoms with Gasteiger partial charge >= 0.3 is 0 Å². The molecule has 0 unspecified atom stereocenters. The van der Waals surface area contributed by atoms with Crippen molar-refractivity contribution in [1.82, 2.24) is 9.62 Å². The van der Waals surface area contributed by atoms with Crippen LogP contribution in [0.15, 0.2) is 4.90 Å². The average Bonchev–Trinajstić information content (AvgIpc) is 2.55. The smallest absolute Gasteiger partial charge is 0.241 e. The third-order valence-electron chi connectivity index (χ3n) is 5.10. The summed E-state index contributed by atoms with van der Waals surface area (Å²) in [6.07, 6.45) is 2.14. The van der Waals surface area contributed by atoms with E-state index in [4.69, 9.17) is 0 Å². The van der Waals surface area contributed by atoms with Gasteiger partial charge in [-0.1, -0.05) is 13.3 Å². The number of benzene rings is 1. The van der Waals surface area contributed by atoms with Crippen molar-refractivity contribution in [2.45, 2.75) is 65.7 Å². The molecule has 6 heteroatoms. The fourth-order valence-electron chi connectivity index (χ4n) is 2.94. The molecule has 0 spiro atoms. The molecule has 5 nitrogen and oxygen atoms in total. The van der Waals surface area contributed by atoms with E-state index in [1.165, 1.54) is 0 Å². The second-order valence-corrected chi connectivity index (χ2v) is 8.47. The fourth-order valence-corrected chi connectivity index (χ4v) is 4.57. The van der Waals surface area contributed by atoms with Gasteiger partial charge < -0.3 is 4.90 Å². The molecule has 1 aromatic carbocycles. The van der Waals surface area contributed by atoms with Crippen molar-refractivity contribution in [2.24, 2.45) is 0 Å². The van der Waals surface area contributed by atoms with E-state index in [9.17, 15) is 13.2 Å². The molecule has 0 aliphatic carbocycles. The van der Waals surface area contributed by atoms with Gasteiger partial charge in [0.2, 0.25) is 15.9 Å². The number of hydrogen-bond donors (Lipinski definition) is 1. The zero-order chi connectivity index (χ0) is 19.4. The highest BCUT2D eigenvalue weighted by Gasteiger charge is 2.23. The first-order valence-electron chi connectivity index (χ1n) is 8.85. The van der Waals surface area contributed by atoms with E-state index < -0.39 is 10.0 Å². The molecular weight excluding hydrogens is 336 g/mol. The molecule has 1 rings (SSSR count). The summed E-state index contributed by atoms with van der Waals surface area (Å²) in [4.78, 5) is 14.1. The van der Waals surface area contributed by atoms with Gasteiger partial charge in [-0.15, -0.1) is 0 Å². The lowest BCUT2D eigenvalue weighted by Gasteiger charge is -2.20. The van der Waals surface area contributed by atoms with Crippen LogP contribution in [0.3, 0.4) is 0 Å². The Morgan fingerprint density at radius 2 is 1.44 bits per heavy atom. The summed E-state index contributed by atoms with van der Waals surface area (Å²) in [6, 6.07) is 0. The van der Waals surface area contributed by atoms with Crippen molar-refractivity contribution in [1.29, 1.82) is 0 Å². The number of carbonyl (C=O) groups excluding carboxylic acids is 1. The first-order valence-corrected chi connectivity index (χ1v) is 10.3. The molecule has 0 saturated heterocycles. The molecule has 0 aromatic heterocycles. The number of rotatable bonds is 8. The number of hydrogen-bond acceptors (Lipinski definition) is 3. The minimum Gasteiger partial charge on any atom is -0.346 e. The minimum absolute atomic E-state index is 0.0409. The van der Waals surface area contributed by atoms with Crippen LogP contribution >= 0.6 is 0 Å². The molecular formula is C19H32N2O3S. The summed E-state index contributed by atoms with van der Waals surface area (Å²) in [5.74, 6) is -0.0409. The van der Waals surface area contributed by atoms with Crippen LogP contribution in [0.2, 0.25) is 0 Å².